The van der Waals surface area contributed by atoms with Crippen LogP contribution in [0.2, 0.25) is 0 Å². The Morgan fingerprint density at radius 1 is 1.09 bits per heavy atom. The first kappa shape index (κ1) is 17.7. The average molecular weight is 339 g/mol. The van der Waals surface area contributed by atoms with E-state index in [1.807, 2.05) is 11.8 Å². The van der Waals surface area contributed by atoms with Crippen molar-refractivity contribution in [3.05, 3.63) is 24.3 Å². The van der Waals surface area contributed by atoms with Crippen LogP contribution in [0, 0.1) is 0 Å². The van der Waals surface area contributed by atoms with Crippen molar-refractivity contribution in [3.63, 3.8) is 0 Å². The van der Waals surface area contributed by atoms with Gasteiger partial charge in [0.1, 0.15) is 0 Å². The zero-order chi connectivity index (χ0) is 16.7. The molecule has 1 aromatic carbocycles. The van der Waals surface area contributed by atoms with Crippen LogP contribution in [0.15, 0.2) is 29.2 Å². The summed E-state index contributed by atoms with van der Waals surface area (Å²) in [5.41, 5.74) is 0.605. The van der Waals surface area contributed by atoms with Gasteiger partial charge < -0.3 is 10.2 Å². The number of likely N-dealkylation sites (tertiary alicyclic amines) is 1. The number of amides is 2. The fourth-order valence-electron chi connectivity index (χ4n) is 2.51. The molecule has 1 aliphatic heterocycles. The highest BCUT2D eigenvalue weighted by atomic mass is 32.2. The van der Waals surface area contributed by atoms with Crippen molar-refractivity contribution in [2.45, 2.75) is 43.9 Å². The van der Waals surface area contributed by atoms with Crippen molar-refractivity contribution in [1.29, 1.82) is 0 Å². The molecule has 2 amide bonds. The molecule has 0 spiro atoms. The Labute approximate surface area is 138 Å². The first-order valence-electron chi connectivity index (χ1n) is 8.18. The monoisotopic (exact) mass is 339 g/mol. The molecule has 0 radical (unpaired) electrons. The first-order chi connectivity index (χ1) is 11.0. The Morgan fingerprint density at radius 2 is 1.70 bits per heavy atom. The van der Waals surface area contributed by atoms with Gasteiger partial charge in [0.2, 0.25) is 10.0 Å². The smallest absolute Gasteiger partial charge is 0.321 e. The van der Waals surface area contributed by atoms with E-state index in [-0.39, 0.29) is 10.9 Å². The van der Waals surface area contributed by atoms with E-state index in [1.54, 1.807) is 12.1 Å². The van der Waals surface area contributed by atoms with Gasteiger partial charge >= 0.3 is 6.03 Å². The van der Waals surface area contributed by atoms with Crippen LogP contribution in [0.3, 0.4) is 0 Å². The van der Waals surface area contributed by atoms with Gasteiger partial charge in [-0.3, -0.25) is 0 Å². The Balaban J connectivity index is 1.98. The molecule has 7 heteroatoms. The van der Waals surface area contributed by atoms with Crippen molar-refractivity contribution < 1.29 is 13.2 Å². The van der Waals surface area contributed by atoms with Crippen LogP contribution in [0.4, 0.5) is 10.5 Å². The van der Waals surface area contributed by atoms with Crippen LogP contribution in [0.1, 0.15) is 39.0 Å². The van der Waals surface area contributed by atoms with Gasteiger partial charge in [0.15, 0.2) is 0 Å². The molecule has 1 fully saturated rings. The Morgan fingerprint density at radius 3 is 2.26 bits per heavy atom. The highest BCUT2D eigenvalue weighted by Gasteiger charge is 2.16. The largest absolute Gasteiger partial charge is 0.325 e. The summed E-state index contributed by atoms with van der Waals surface area (Å²) >= 11 is 0. The number of nitrogens with zero attached hydrogens (tertiary/aromatic N) is 1. The second kappa shape index (κ2) is 8.31. The van der Waals surface area contributed by atoms with Crippen LogP contribution >= 0.6 is 0 Å². The predicted molar refractivity (Wildman–Crippen MR) is 91.0 cm³/mol. The fraction of sp³-hybridized carbons (Fsp3) is 0.562. The molecule has 23 heavy (non-hydrogen) atoms. The van der Waals surface area contributed by atoms with Gasteiger partial charge in [0, 0.05) is 25.3 Å². The quantitative estimate of drug-likeness (QED) is 0.866. The molecule has 128 valence electrons. The third-order valence-corrected chi connectivity index (χ3v) is 5.33. The van der Waals surface area contributed by atoms with Crippen LogP contribution in [-0.4, -0.2) is 39.0 Å². The summed E-state index contributed by atoms with van der Waals surface area (Å²) in [6, 6.07) is 6.14. The maximum absolute atomic E-state index is 12.2. The van der Waals surface area contributed by atoms with Crippen molar-refractivity contribution in [2.24, 2.45) is 0 Å². The summed E-state index contributed by atoms with van der Waals surface area (Å²) in [7, 11) is -3.47. The zero-order valence-electron chi connectivity index (χ0n) is 13.5. The zero-order valence-corrected chi connectivity index (χ0v) is 14.4. The second-order valence-corrected chi connectivity index (χ2v) is 7.52. The minimum atomic E-state index is -3.47. The number of anilines is 1. The number of hydrogen-bond acceptors (Lipinski definition) is 3. The number of urea groups is 1. The van der Waals surface area contributed by atoms with Crippen LogP contribution in [-0.2, 0) is 10.0 Å². The summed E-state index contributed by atoms with van der Waals surface area (Å²) in [5, 5.41) is 2.83. The van der Waals surface area contributed by atoms with Crippen LogP contribution in [0.25, 0.3) is 0 Å². The van der Waals surface area contributed by atoms with Crippen molar-refractivity contribution in [3.8, 4) is 0 Å². The molecule has 2 rings (SSSR count). The predicted octanol–water partition coefficient (Wildman–Crippen LogP) is 2.78. The van der Waals surface area contributed by atoms with E-state index in [9.17, 15) is 13.2 Å². The van der Waals surface area contributed by atoms with Crippen molar-refractivity contribution in [2.75, 3.05) is 25.0 Å². The molecular weight excluding hydrogens is 314 g/mol. The summed E-state index contributed by atoms with van der Waals surface area (Å²) < 4.78 is 26.5. The molecule has 1 aliphatic rings. The number of sulfonamides is 1. The van der Waals surface area contributed by atoms with Gasteiger partial charge in [-0.15, -0.1) is 0 Å². The topological polar surface area (TPSA) is 78.5 Å². The lowest BCUT2D eigenvalue weighted by atomic mass is 10.2. The number of nitrogens with one attached hydrogen (secondary N) is 2. The maximum Gasteiger partial charge on any atom is 0.321 e. The van der Waals surface area contributed by atoms with Gasteiger partial charge in [-0.05, 0) is 43.5 Å². The highest BCUT2D eigenvalue weighted by molar-refractivity contribution is 7.89. The van der Waals surface area contributed by atoms with E-state index < -0.39 is 10.0 Å². The van der Waals surface area contributed by atoms with E-state index in [0.717, 1.165) is 32.4 Å². The molecule has 0 aromatic heterocycles. The normalized spacial score (nSPS) is 16.0. The summed E-state index contributed by atoms with van der Waals surface area (Å²) in [6.07, 6.45) is 5.15. The van der Waals surface area contributed by atoms with E-state index >= 15 is 0 Å². The lowest BCUT2D eigenvalue weighted by Crippen LogP contribution is -2.35. The number of benzene rings is 1. The Kier molecular flexibility index (Phi) is 6.41. The fourth-order valence-corrected chi connectivity index (χ4v) is 3.65. The highest BCUT2D eigenvalue weighted by Crippen LogP contribution is 2.16. The van der Waals surface area contributed by atoms with E-state index in [2.05, 4.69) is 10.0 Å². The number of carbonyl (C=O) groups is 1. The minimum Gasteiger partial charge on any atom is -0.325 e. The molecule has 1 saturated heterocycles. The lowest BCUT2D eigenvalue weighted by Gasteiger charge is -2.20. The van der Waals surface area contributed by atoms with Crippen molar-refractivity contribution >= 4 is 21.7 Å². The molecule has 0 bridgehead atoms. The Bertz CT molecular complexity index is 606. The number of rotatable bonds is 5. The molecule has 0 unspecified atom stereocenters. The number of hydrogen-bond donors (Lipinski definition) is 2. The van der Waals surface area contributed by atoms with Gasteiger partial charge in [0.05, 0.1) is 4.90 Å². The third-order valence-electron chi connectivity index (χ3n) is 3.85. The molecule has 1 heterocycles. The SMILES string of the molecule is CCCNS(=O)(=O)c1ccc(NC(=O)N2CCCCCC2)cc1. The molecule has 6 nitrogen and oxygen atoms in total. The summed E-state index contributed by atoms with van der Waals surface area (Å²) in [5.74, 6) is 0. The van der Waals surface area contributed by atoms with Gasteiger partial charge in [-0.2, -0.15) is 0 Å². The van der Waals surface area contributed by atoms with E-state index in [4.69, 9.17) is 0 Å². The summed E-state index contributed by atoms with van der Waals surface area (Å²) in [6.45, 7) is 3.87. The van der Waals surface area contributed by atoms with Gasteiger partial charge in [-0.25, -0.2) is 17.9 Å². The van der Waals surface area contributed by atoms with Gasteiger partial charge in [-0.1, -0.05) is 19.8 Å². The number of carbonyl (C=O) groups excluding carboxylic acids is 1. The molecule has 0 saturated carbocycles. The first-order valence-corrected chi connectivity index (χ1v) is 9.67. The van der Waals surface area contributed by atoms with Crippen LogP contribution in [0.5, 0.6) is 0 Å². The summed E-state index contributed by atoms with van der Waals surface area (Å²) in [4.78, 5) is 14.3. The maximum atomic E-state index is 12.2. The van der Waals surface area contributed by atoms with E-state index in [1.165, 1.54) is 25.0 Å². The van der Waals surface area contributed by atoms with Crippen LogP contribution < -0.4 is 10.0 Å². The molecule has 2 N–H and O–H groups in total. The Hall–Kier alpha value is -1.60. The molecule has 0 aliphatic carbocycles. The lowest BCUT2D eigenvalue weighted by molar-refractivity contribution is 0.214. The second-order valence-electron chi connectivity index (χ2n) is 5.75. The van der Waals surface area contributed by atoms with E-state index in [0.29, 0.717) is 12.2 Å². The average Bonchev–Trinajstić information content (AvgIpc) is 2.83. The molecular formula is C16H25N3O3S. The standard InChI is InChI=1S/C16H25N3O3S/c1-2-11-17-23(21,22)15-9-7-14(8-10-15)18-16(20)19-12-5-3-4-6-13-19/h7-10,17H,2-6,11-13H2,1H3,(H,18,20). The molecule has 1 aromatic rings. The minimum absolute atomic E-state index is 0.119. The van der Waals surface area contributed by atoms with Gasteiger partial charge in [0.25, 0.3) is 0 Å². The van der Waals surface area contributed by atoms with Crippen molar-refractivity contribution in [1.82, 2.24) is 9.62 Å². The molecule has 0 atom stereocenters. The third kappa shape index (κ3) is 5.21.